The van der Waals surface area contributed by atoms with Crippen molar-refractivity contribution in [2.45, 2.75) is 46.6 Å². The Balaban J connectivity index is 2.93. The second kappa shape index (κ2) is 7.69. The molecule has 21 heavy (non-hydrogen) atoms. The zero-order valence-electron chi connectivity index (χ0n) is 14.6. The monoisotopic (exact) mass is 293 g/mol. The first-order chi connectivity index (χ1) is 9.80. The Morgan fingerprint density at radius 2 is 1.81 bits per heavy atom. The van der Waals surface area contributed by atoms with Gasteiger partial charge in [0, 0.05) is 11.6 Å². The highest BCUT2D eigenvalue weighted by Crippen LogP contribution is 2.35. The number of hydrogen-bond acceptors (Lipinski definition) is 3. The highest BCUT2D eigenvalue weighted by molar-refractivity contribution is 5.42. The second-order valence-corrected chi connectivity index (χ2v) is 7.05. The molecule has 2 atom stereocenters. The lowest BCUT2D eigenvalue weighted by atomic mass is 9.82. The fraction of sp³-hybridized carbons (Fsp3) is 0.667. The van der Waals surface area contributed by atoms with Crippen LogP contribution in [-0.4, -0.2) is 21.3 Å². The van der Waals surface area contributed by atoms with Crippen LogP contribution in [0.5, 0.6) is 11.5 Å². The summed E-state index contributed by atoms with van der Waals surface area (Å²) in [6.07, 6.45) is 2.29. The lowest BCUT2D eigenvalue weighted by molar-refractivity contribution is 0.276. The van der Waals surface area contributed by atoms with Crippen LogP contribution in [0.3, 0.4) is 0 Å². The van der Waals surface area contributed by atoms with Crippen molar-refractivity contribution >= 4 is 0 Å². The zero-order valence-corrected chi connectivity index (χ0v) is 14.6. The van der Waals surface area contributed by atoms with Crippen LogP contribution in [0.4, 0.5) is 0 Å². The van der Waals surface area contributed by atoms with Gasteiger partial charge in [-0.05, 0) is 49.4 Å². The predicted molar refractivity (Wildman–Crippen MR) is 89.2 cm³/mol. The van der Waals surface area contributed by atoms with E-state index in [1.165, 1.54) is 12.0 Å². The van der Waals surface area contributed by atoms with Crippen molar-refractivity contribution in [3.8, 4) is 11.5 Å². The van der Waals surface area contributed by atoms with Crippen molar-refractivity contribution < 1.29 is 9.47 Å². The number of ether oxygens (including phenoxy) is 2. The Hall–Kier alpha value is -1.22. The summed E-state index contributed by atoms with van der Waals surface area (Å²) in [6.45, 7) is 9.21. The molecule has 0 spiro atoms. The third-order valence-electron chi connectivity index (χ3n) is 3.76. The number of rotatable bonds is 7. The normalized spacial score (nSPS) is 14.6. The molecule has 0 bridgehead atoms. The van der Waals surface area contributed by atoms with Crippen molar-refractivity contribution in [3.63, 3.8) is 0 Å². The molecule has 0 amide bonds. The van der Waals surface area contributed by atoms with Crippen LogP contribution in [0.25, 0.3) is 0 Å². The van der Waals surface area contributed by atoms with Crippen molar-refractivity contribution in [1.29, 1.82) is 0 Å². The summed E-state index contributed by atoms with van der Waals surface area (Å²) in [7, 11) is 5.42. The molecule has 0 fully saturated rings. The van der Waals surface area contributed by atoms with Crippen LogP contribution in [-0.2, 0) is 0 Å². The molecule has 1 aromatic carbocycles. The Labute approximate surface area is 130 Å². The van der Waals surface area contributed by atoms with E-state index in [4.69, 9.17) is 9.47 Å². The van der Waals surface area contributed by atoms with Gasteiger partial charge in [-0.25, -0.2) is 0 Å². The minimum absolute atomic E-state index is 0.271. The average molecular weight is 293 g/mol. The van der Waals surface area contributed by atoms with Gasteiger partial charge in [-0.15, -0.1) is 0 Å². The van der Waals surface area contributed by atoms with Gasteiger partial charge in [0.25, 0.3) is 0 Å². The molecule has 0 aliphatic carbocycles. The van der Waals surface area contributed by atoms with Gasteiger partial charge in [-0.3, -0.25) is 0 Å². The van der Waals surface area contributed by atoms with Gasteiger partial charge in [0.15, 0.2) is 0 Å². The fourth-order valence-electron chi connectivity index (χ4n) is 3.04. The third-order valence-corrected chi connectivity index (χ3v) is 3.76. The molecule has 0 saturated carbocycles. The van der Waals surface area contributed by atoms with Crippen molar-refractivity contribution in [2.24, 2.45) is 11.3 Å². The highest BCUT2D eigenvalue weighted by Gasteiger charge is 2.21. The van der Waals surface area contributed by atoms with Gasteiger partial charge in [-0.2, -0.15) is 0 Å². The summed E-state index contributed by atoms with van der Waals surface area (Å²) in [5, 5.41) is 3.43. The molecule has 0 radical (unpaired) electrons. The van der Waals surface area contributed by atoms with Gasteiger partial charge >= 0.3 is 0 Å². The SMILES string of the molecule is CNC(CC(C)CC(C)(C)C)c1cc(OC)ccc1OC. The smallest absolute Gasteiger partial charge is 0.123 e. The predicted octanol–water partition coefficient (Wildman–Crippen LogP) is 4.43. The molecule has 3 nitrogen and oxygen atoms in total. The first kappa shape index (κ1) is 17.8. The summed E-state index contributed by atoms with van der Waals surface area (Å²) >= 11 is 0. The van der Waals surface area contributed by atoms with Gasteiger partial charge < -0.3 is 14.8 Å². The van der Waals surface area contributed by atoms with Crippen LogP contribution in [0.2, 0.25) is 0 Å². The van der Waals surface area contributed by atoms with Crippen LogP contribution < -0.4 is 14.8 Å². The molecule has 0 saturated heterocycles. The first-order valence-electron chi connectivity index (χ1n) is 7.70. The molecule has 120 valence electrons. The van der Waals surface area contributed by atoms with E-state index in [1.54, 1.807) is 14.2 Å². The molecule has 0 heterocycles. The second-order valence-electron chi connectivity index (χ2n) is 7.05. The summed E-state index contributed by atoms with van der Waals surface area (Å²) in [5.74, 6) is 2.42. The summed E-state index contributed by atoms with van der Waals surface area (Å²) in [5.41, 5.74) is 1.52. The largest absolute Gasteiger partial charge is 0.497 e. The van der Waals surface area contributed by atoms with Crippen LogP contribution in [0.15, 0.2) is 18.2 Å². The molecule has 3 heteroatoms. The maximum Gasteiger partial charge on any atom is 0.123 e. The minimum Gasteiger partial charge on any atom is -0.497 e. The summed E-state index contributed by atoms with van der Waals surface area (Å²) < 4.78 is 10.9. The summed E-state index contributed by atoms with van der Waals surface area (Å²) in [6, 6.07) is 6.26. The number of benzene rings is 1. The first-order valence-corrected chi connectivity index (χ1v) is 7.70. The fourth-order valence-corrected chi connectivity index (χ4v) is 3.04. The Kier molecular flexibility index (Phi) is 6.53. The molecule has 1 N–H and O–H groups in total. The molecule has 1 aromatic rings. The molecule has 2 unspecified atom stereocenters. The Bertz CT molecular complexity index is 437. The van der Waals surface area contributed by atoms with Crippen LogP contribution >= 0.6 is 0 Å². The van der Waals surface area contributed by atoms with E-state index in [0.29, 0.717) is 11.3 Å². The maximum absolute atomic E-state index is 5.51. The molecule has 1 rings (SSSR count). The molecule has 0 aromatic heterocycles. The quantitative estimate of drug-likeness (QED) is 0.807. The third kappa shape index (κ3) is 5.58. The van der Waals surface area contributed by atoms with Gasteiger partial charge in [0.1, 0.15) is 11.5 Å². The lowest BCUT2D eigenvalue weighted by Gasteiger charge is -2.27. The Morgan fingerprint density at radius 3 is 2.29 bits per heavy atom. The maximum atomic E-state index is 5.51. The van der Waals surface area contributed by atoms with Gasteiger partial charge in [0.2, 0.25) is 0 Å². The van der Waals surface area contributed by atoms with Crippen molar-refractivity contribution in [2.75, 3.05) is 21.3 Å². The summed E-state index contributed by atoms with van der Waals surface area (Å²) in [4.78, 5) is 0. The lowest BCUT2D eigenvalue weighted by Crippen LogP contribution is -2.22. The molecular formula is C18H31NO2. The van der Waals surface area contributed by atoms with E-state index in [2.05, 4.69) is 39.1 Å². The molecule has 0 aliphatic heterocycles. The number of methoxy groups -OCH3 is 2. The topological polar surface area (TPSA) is 30.5 Å². The van der Waals surface area contributed by atoms with Gasteiger partial charge in [0.05, 0.1) is 14.2 Å². The van der Waals surface area contributed by atoms with Crippen molar-refractivity contribution in [3.05, 3.63) is 23.8 Å². The van der Waals surface area contributed by atoms with E-state index in [9.17, 15) is 0 Å². The minimum atomic E-state index is 0.271. The van der Waals surface area contributed by atoms with Gasteiger partial charge in [-0.1, -0.05) is 27.7 Å². The van der Waals surface area contributed by atoms with E-state index >= 15 is 0 Å². The number of nitrogens with one attached hydrogen (secondary N) is 1. The van der Waals surface area contributed by atoms with E-state index in [-0.39, 0.29) is 6.04 Å². The average Bonchev–Trinajstić information content (AvgIpc) is 2.42. The number of hydrogen-bond donors (Lipinski definition) is 1. The van der Waals surface area contributed by atoms with Crippen LogP contribution in [0.1, 0.15) is 52.1 Å². The molecule has 0 aliphatic rings. The Morgan fingerprint density at radius 1 is 1.14 bits per heavy atom. The zero-order chi connectivity index (χ0) is 16.0. The van der Waals surface area contributed by atoms with Crippen molar-refractivity contribution in [1.82, 2.24) is 5.32 Å². The van der Waals surface area contributed by atoms with Crippen LogP contribution in [0, 0.1) is 11.3 Å². The van der Waals surface area contributed by atoms with E-state index in [0.717, 1.165) is 17.9 Å². The van der Waals surface area contributed by atoms with E-state index in [1.807, 2.05) is 19.2 Å². The molecular weight excluding hydrogens is 262 g/mol. The highest BCUT2D eigenvalue weighted by atomic mass is 16.5. The standard InChI is InChI=1S/C18H31NO2/c1-13(12-18(2,3)4)10-16(19-5)15-11-14(20-6)8-9-17(15)21-7/h8-9,11,13,16,19H,10,12H2,1-7H3. The van der Waals surface area contributed by atoms with E-state index < -0.39 is 0 Å².